The molecule has 2 saturated heterocycles. The van der Waals surface area contributed by atoms with Crippen LogP contribution in [0.5, 0.6) is 0 Å². The minimum Gasteiger partial charge on any atom is -0.356 e. The van der Waals surface area contributed by atoms with Crippen molar-refractivity contribution in [2.45, 2.75) is 45.1 Å². The van der Waals surface area contributed by atoms with E-state index in [0.29, 0.717) is 17.8 Å². The molecule has 0 saturated carbocycles. The molecule has 7 nitrogen and oxygen atoms in total. The van der Waals surface area contributed by atoms with Crippen LogP contribution in [-0.4, -0.2) is 71.7 Å². The Morgan fingerprint density at radius 3 is 2.83 bits per heavy atom. The van der Waals surface area contributed by atoms with E-state index in [2.05, 4.69) is 30.2 Å². The van der Waals surface area contributed by atoms with Gasteiger partial charge in [0.1, 0.15) is 0 Å². The predicted molar refractivity (Wildman–Crippen MR) is 89.5 cm³/mol. The summed E-state index contributed by atoms with van der Waals surface area (Å²) in [4.78, 5) is 13.7. The van der Waals surface area contributed by atoms with Gasteiger partial charge < -0.3 is 14.7 Å². The Morgan fingerprint density at radius 2 is 2.13 bits per heavy atom. The number of nitrogens with zero attached hydrogens (tertiary/aromatic N) is 5. The van der Waals surface area contributed by atoms with Gasteiger partial charge in [-0.2, -0.15) is 4.98 Å². The summed E-state index contributed by atoms with van der Waals surface area (Å²) >= 11 is 0. The molecule has 2 aliphatic rings. The largest absolute Gasteiger partial charge is 0.356 e. The first-order valence-corrected chi connectivity index (χ1v) is 8.75. The topological polar surface area (TPSA) is 69.8 Å². The van der Waals surface area contributed by atoms with Gasteiger partial charge in [-0.15, -0.1) is 0 Å². The molecule has 1 aromatic heterocycles. The summed E-state index contributed by atoms with van der Waals surface area (Å²) in [7, 11) is 1.85. The van der Waals surface area contributed by atoms with Crippen molar-refractivity contribution in [2.24, 2.45) is 4.99 Å². The summed E-state index contributed by atoms with van der Waals surface area (Å²) < 4.78 is 5.14. The maximum atomic E-state index is 5.14. The minimum atomic E-state index is 0.679. The van der Waals surface area contributed by atoms with Crippen LogP contribution in [0.4, 0.5) is 0 Å². The Bertz CT molecular complexity index is 522. The van der Waals surface area contributed by atoms with Crippen LogP contribution in [-0.2, 0) is 6.42 Å². The fraction of sp³-hybridized carbons (Fsp3) is 0.812. The van der Waals surface area contributed by atoms with Crippen molar-refractivity contribution in [3.05, 3.63) is 11.7 Å². The molecule has 128 valence electrons. The molecule has 0 aliphatic carbocycles. The molecular weight excluding hydrogens is 292 g/mol. The normalized spacial score (nSPS) is 23.5. The van der Waals surface area contributed by atoms with Gasteiger partial charge in [0.05, 0.1) is 0 Å². The number of aryl methyl sites for hydroxylation is 1. The highest BCUT2D eigenvalue weighted by atomic mass is 16.5. The molecule has 1 aromatic rings. The Balaban J connectivity index is 1.45. The number of guanidine groups is 1. The van der Waals surface area contributed by atoms with E-state index >= 15 is 0 Å². The molecule has 0 aromatic carbocycles. The standard InChI is InChI=1S/C16H28N6O/c1-13-19-15(23-20-13)6-8-18-16(17-2)22-11-7-14(12-22)21-9-4-3-5-10-21/h14H,3-12H2,1-2H3,(H,17,18). The third-order valence-corrected chi connectivity index (χ3v) is 4.77. The average molecular weight is 320 g/mol. The van der Waals surface area contributed by atoms with E-state index in [1.807, 2.05) is 14.0 Å². The molecule has 2 aliphatic heterocycles. The van der Waals surface area contributed by atoms with Gasteiger partial charge in [0.2, 0.25) is 5.89 Å². The van der Waals surface area contributed by atoms with Crippen LogP contribution in [0.15, 0.2) is 9.52 Å². The summed E-state index contributed by atoms with van der Waals surface area (Å²) in [5.74, 6) is 2.35. The Morgan fingerprint density at radius 1 is 1.30 bits per heavy atom. The van der Waals surface area contributed by atoms with Crippen molar-refractivity contribution in [3.8, 4) is 0 Å². The van der Waals surface area contributed by atoms with Gasteiger partial charge >= 0.3 is 0 Å². The summed E-state index contributed by atoms with van der Waals surface area (Å²) in [6, 6.07) is 0.687. The average Bonchev–Trinajstić information content (AvgIpc) is 3.22. The van der Waals surface area contributed by atoms with Crippen LogP contribution in [0.3, 0.4) is 0 Å². The predicted octanol–water partition coefficient (Wildman–Crippen LogP) is 1.06. The summed E-state index contributed by atoms with van der Waals surface area (Å²) in [5, 5.41) is 7.24. The summed E-state index contributed by atoms with van der Waals surface area (Å²) in [6.45, 7) is 7.30. The molecular formula is C16H28N6O. The number of likely N-dealkylation sites (tertiary alicyclic amines) is 2. The Kier molecular flexibility index (Phi) is 5.48. The van der Waals surface area contributed by atoms with E-state index < -0.39 is 0 Å². The highest BCUT2D eigenvalue weighted by Crippen LogP contribution is 2.20. The van der Waals surface area contributed by atoms with Gasteiger partial charge in [-0.05, 0) is 39.3 Å². The lowest BCUT2D eigenvalue weighted by Crippen LogP contribution is -2.44. The van der Waals surface area contributed by atoms with Crippen LogP contribution >= 0.6 is 0 Å². The van der Waals surface area contributed by atoms with Crippen LogP contribution in [0.25, 0.3) is 0 Å². The fourth-order valence-corrected chi connectivity index (χ4v) is 3.57. The van der Waals surface area contributed by atoms with Gasteiger partial charge in [0.15, 0.2) is 11.8 Å². The summed E-state index contributed by atoms with van der Waals surface area (Å²) in [6.07, 6.45) is 6.07. The molecule has 1 atom stereocenters. The molecule has 7 heteroatoms. The Labute approximate surface area is 138 Å². The molecule has 23 heavy (non-hydrogen) atoms. The molecule has 1 unspecified atom stereocenters. The van der Waals surface area contributed by atoms with E-state index in [1.165, 1.54) is 38.8 Å². The quantitative estimate of drug-likeness (QED) is 0.661. The SMILES string of the molecule is CN=C(NCCc1nc(C)no1)N1CCC(N2CCCCC2)C1. The highest BCUT2D eigenvalue weighted by Gasteiger charge is 2.29. The molecule has 0 amide bonds. The lowest BCUT2D eigenvalue weighted by atomic mass is 10.1. The van der Waals surface area contributed by atoms with Crippen LogP contribution in [0.1, 0.15) is 37.4 Å². The second-order valence-electron chi connectivity index (χ2n) is 6.44. The maximum Gasteiger partial charge on any atom is 0.228 e. The van der Waals surface area contributed by atoms with Gasteiger partial charge in [-0.1, -0.05) is 11.6 Å². The number of aliphatic imine (C=N–C) groups is 1. The fourth-order valence-electron chi connectivity index (χ4n) is 3.57. The number of aromatic nitrogens is 2. The van der Waals surface area contributed by atoms with E-state index in [4.69, 9.17) is 4.52 Å². The molecule has 2 fully saturated rings. The molecule has 0 radical (unpaired) electrons. The molecule has 1 N–H and O–H groups in total. The zero-order chi connectivity index (χ0) is 16.1. The second-order valence-corrected chi connectivity index (χ2v) is 6.44. The lowest BCUT2D eigenvalue weighted by Gasteiger charge is -2.32. The van der Waals surface area contributed by atoms with Crippen molar-refractivity contribution >= 4 is 5.96 Å². The van der Waals surface area contributed by atoms with Crippen molar-refractivity contribution in [1.82, 2.24) is 25.3 Å². The minimum absolute atomic E-state index is 0.679. The first kappa shape index (κ1) is 16.2. The van der Waals surface area contributed by atoms with E-state index in [0.717, 1.165) is 32.0 Å². The van der Waals surface area contributed by atoms with E-state index in [1.54, 1.807) is 0 Å². The summed E-state index contributed by atoms with van der Waals surface area (Å²) in [5.41, 5.74) is 0. The number of piperidine rings is 1. The number of nitrogens with one attached hydrogen (secondary N) is 1. The van der Waals surface area contributed by atoms with Gasteiger partial charge in [0.25, 0.3) is 0 Å². The van der Waals surface area contributed by atoms with Crippen LogP contribution in [0.2, 0.25) is 0 Å². The number of rotatable bonds is 4. The molecule has 0 spiro atoms. The molecule has 0 bridgehead atoms. The smallest absolute Gasteiger partial charge is 0.228 e. The Hall–Kier alpha value is -1.63. The molecule has 3 heterocycles. The first-order chi connectivity index (χ1) is 11.3. The number of hydrogen-bond donors (Lipinski definition) is 1. The van der Waals surface area contributed by atoms with Gasteiger partial charge in [-0.3, -0.25) is 9.89 Å². The third kappa shape index (κ3) is 4.22. The number of hydrogen-bond acceptors (Lipinski definition) is 5. The van der Waals surface area contributed by atoms with E-state index in [-0.39, 0.29) is 0 Å². The van der Waals surface area contributed by atoms with Crippen LogP contribution < -0.4 is 5.32 Å². The zero-order valence-electron chi connectivity index (χ0n) is 14.3. The van der Waals surface area contributed by atoms with Crippen molar-refractivity contribution < 1.29 is 4.52 Å². The van der Waals surface area contributed by atoms with Crippen molar-refractivity contribution in [2.75, 3.05) is 39.8 Å². The van der Waals surface area contributed by atoms with Crippen molar-refractivity contribution in [1.29, 1.82) is 0 Å². The van der Waals surface area contributed by atoms with E-state index in [9.17, 15) is 0 Å². The maximum absolute atomic E-state index is 5.14. The third-order valence-electron chi connectivity index (χ3n) is 4.77. The van der Waals surface area contributed by atoms with Gasteiger partial charge in [0, 0.05) is 39.1 Å². The monoisotopic (exact) mass is 320 g/mol. The second kappa shape index (κ2) is 7.77. The first-order valence-electron chi connectivity index (χ1n) is 8.75. The van der Waals surface area contributed by atoms with Crippen LogP contribution in [0, 0.1) is 6.92 Å². The molecule has 3 rings (SSSR count). The van der Waals surface area contributed by atoms with Gasteiger partial charge in [-0.25, -0.2) is 0 Å². The van der Waals surface area contributed by atoms with Crippen molar-refractivity contribution in [3.63, 3.8) is 0 Å². The lowest BCUT2D eigenvalue weighted by molar-refractivity contribution is 0.168. The zero-order valence-corrected chi connectivity index (χ0v) is 14.3. The highest BCUT2D eigenvalue weighted by molar-refractivity contribution is 5.80.